The summed E-state index contributed by atoms with van der Waals surface area (Å²) < 4.78 is 5.04. The number of ether oxygens (including phenoxy) is 1. The molecular weight excluding hydrogens is 190 g/mol. The van der Waals surface area contributed by atoms with E-state index in [1.807, 2.05) is 0 Å². The number of hydrogen-bond acceptors (Lipinski definition) is 3. The number of rotatable bonds is 5. The molecule has 1 saturated heterocycles. The Morgan fingerprint density at radius 3 is 2.87 bits per heavy atom. The fourth-order valence-electron chi connectivity index (χ4n) is 3.09. The van der Waals surface area contributed by atoms with Crippen LogP contribution in [-0.2, 0) is 4.74 Å². The molecule has 0 aromatic rings. The first-order chi connectivity index (χ1) is 7.31. The molecule has 1 aliphatic heterocycles. The maximum absolute atomic E-state index is 9.78. The molecule has 0 spiro atoms. The zero-order valence-corrected chi connectivity index (χ0v) is 9.69. The van der Waals surface area contributed by atoms with Gasteiger partial charge in [0.25, 0.3) is 0 Å². The zero-order chi connectivity index (χ0) is 10.7. The Morgan fingerprint density at radius 1 is 1.27 bits per heavy atom. The molecule has 88 valence electrons. The number of aliphatic hydroxyl groups is 1. The lowest BCUT2D eigenvalue weighted by Crippen LogP contribution is -2.25. The molecule has 1 N–H and O–H groups in total. The van der Waals surface area contributed by atoms with Gasteiger partial charge in [0.2, 0.25) is 0 Å². The van der Waals surface area contributed by atoms with Crippen molar-refractivity contribution in [1.29, 1.82) is 0 Å². The molecule has 3 nitrogen and oxygen atoms in total. The van der Waals surface area contributed by atoms with Crippen molar-refractivity contribution in [2.75, 3.05) is 33.4 Å². The lowest BCUT2D eigenvalue weighted by molar-refractivity contribution is 0.123. The van der Waals surface area contributed by atoms with E-state index in [4.69, 9.17) is 4.74 Å². The van der Waals surface area contributed by atoms with Gasteiger partial charge in [-0.25, -0.2) is 0 Å². The van der Waals surface area contributed by atoms with Crippen molar-refractivity contribution in [3.8, 4) is 0 Å². The van der Waals surface area contributed by atoms with Crippen LogP contribution in [0.15, 0.2) is 0 Å². The smallest absolute Gasteiger partial charge is 0.0583 e. The van der Waals surface area contributed by atoms with Crippen molar-refractivity contribution in [3.05, 3.63) is 0 Å². The molecule has 3 heteroatoms. The van der Waals surface area contributed by atoms with E-state index in [0.29, 0.717) is 5.92 Å². The molecule has 0 bridgehead atoms. The number of nitrogens with zero attached hydrogens (tertiary/aromatic N) is 1. The Hall–Kier alpha value is -0.120. The van der Waals surface area contributed by atoms with Crippen LogP contribution >= 0.6 is 0 Å². The molecule has 3 unspecified atom stereocenters. The predicted molar refractivity (Wildman–Crippen MR) is 59.8 cm³/mol. The number of hydrogen-bond donors (Lipinski definition) is 1. The Morgan fingerprint density at radius 2 is 2.13 bits per heavy atom. The molecule has 1 aliphatic carbocycles. The highest BCUT2D eigenvalue weighted by Gasteiger charge is 2.41. The minimum atomic E-state index is -0.0148. The topological polar surface area (TPSA) is 32.7 Å². The molecular formula is C12H23NO2. The molecule has 2 fully saturated rings. The second-order valence-corrected chi connectivity index (χ2v) is 5.03. The molecule has 0 aromatic carbocycles. The van der Waals surface area contributed by atoms with Crippen molar-refractivity contribution in [1.82, 2.24) is 4.90 Å². The molecule has 0 aromatic heterocycles. The highest BCUT2D eigenvalue weighted by Crippen LogP contribution is 2.37. The van der Waals surface area contributed by atoms with Crippen LogP contribution in [0.25, 0.3) is 0 Å². The highest BCUT2D eigenvalue weighted by atomic mass is 16.5. The first-order valence-electron chi connectivity index (χ1n) is 6.20. The van der Waals surface area contributed by atoms with Gasteiger partial charge in [-0.3, -0.25) is 0 Å². The fraction of sp³-hybridized carbons (Fsp3) is 1.00. The average Bonchev–Trinajstić information content (AvgIpc) is 2.76. The molecule has 1 saturated carbocycles. The van der Waals surface area contributed by atoms with Crippen LogP contribution in [0.2, 0.25) is 0 Å². The predicted octanol–water partition coefficient (Wildman–Crippen LogP) is 1.12. The van der Waals surface area contributed by atoms with Crippen molar-refractivity contribution in [3.63, 3.8) is 0 Å². The molecule has 15 heavy (non-hydrogen) atoms. The summed E-state index contributed by atoms with van der Waals surface area (Å²) in [4.78, 5) is 2.52. The van der Waals surface area contributed by atoms with Gasteiger partial charge in [0.15, 0.2) is 0 Å². The van der Waals surface area contributed by atoms with E-state index < -0.39 is 0 Å². The number of methoxy groups -OCH3 is 1. The molecule has 1 heterocycles. The van der Waals surface area contributed by atoms with Crippen molar-refractivity contribution < 1.29 is 9.84 Å². The minimum absolute atomic E-state index is 0.0148. The summed E-state index contributed by atoms with van der Waals surface area (Å²) in [6, 6.07) is 0. The van der Waals surface area contributed by atoms with E-state index in [-0.39, 0.29) is 6.10 Å². The quantitative estimate of drug-likeness (QED) is 0.695. The van der Waals surface area contributed by atoms with Gasteiger partial charge in [0, 0.05) is 32.7 Å². The van der Waals surface area contributed by atoms with Crippen LogP contribution in [0.5, 0.6) is 0 Å². The van der Waals surface area contributed by atoms with Crippen molar-refractivity contribution >= 4 is 0 Å². The van der Waals surface area contributed by atoms with Gasteiger partial charge < -0.3 is 14.7 Å². The van der Waals surface area contributed by atoms with Gasteiger partial charge in [-0.2, -0.15) is 0 Å². The molecule has 2 rings (SSSR count). The second-order valence-electron chi connectivity index (χ2n) is 5.03. The molecule has 0 amide bonds. The Labute approximate surface area is 92.4 Å². The van der Waals surface area contributed by atoms with Crippen molar-refractivity contribution in [2.45, 2.75) is 31.8 Å². The number of likely N-dealkylation sites (tertiary alicyclic amines) is 1. The molecule has 3 atom stereocenters. The van der Waals surface area contributed by atoms with E-state index in [1.165, 1.54) is 25.9 Å². The maximum Gasteiger partial charge on any atom is 0.0583 e. The summed E-state index contributed by atoms with van der Waals surface area (Å²) >= 11 is 0. The Balaban J connectivity index is 1.65. The number of aliphatic hydroxyl groups excluding tert-OH is 1. The van der Waals surface area contributed by atoms with E-state index in [2.05, 4.69) is 4.90 Å². The van der Waals surface area contributed by atoms with Gasteiger partial charge >= 0.3 is 0 Å². The van der Waals surface area contributed by atoms with E-state index in [0.717, 1.165) is 31.9 Å². The Bertz CT molecular complexity index is 198. The maximum atomic E-state index is 9.78. The van der Waals surface area contributed by atoms with Crippen LogP contribution in [0.1, 0.15) is 25.7 Å². The number of unbranched alkanes of at least 4 members (excludes halogenated alkanes) is 1. The largest absolute Gasteiger partial charge is 0.393 e. The summed E-state index contributed by atoms with van der Waals surface area (Å²) in [7, 11) is 1.76. The monoisotopic (exact) mass is 213 g/mol. The van der Waals surface area contributed by atoms with E-state index in [1.54, 1.807) is 7.11 Å². The summed E-state index contributed by atoms with van der Waals surface area (Å²) in [5.41, 5.74) is 0. The van der Waals surface area contributed by atoms with Crippen molar-refractivity contribution in [2.24, 2.45) is 11.8 Å². The lowest BCUT2D eigenvalue weighted by Gasteiger charge is -2.17. The average molecular weight is 213 g/mol. The highest BCUT2D eigenvalue weighted by molar-refractivity contribution is 4.93. The first-order valence-corrected chi connectivity index (χ1v) is 6.20. The summed E-state index contributed by atoms with van der Waals surface area (Å²) in [5, 5.41) is 9.78. The summed E-state index contributed by atoms with van der Waals surface area (Å²) in [5.74, 6) is 1.36. The second kappa shape index (κ2) is 5.28. The van der Waals surface area contributed by atoms with Crippen LogP contribution < -0.4 is 0 Å². The fourth-order valence-corrected chi connectivity index (χ4v) is 3.09. The normalized spacial score (nSPS) is 36.0. The number of fused-ring (bicyclic) bond motifs is 1. The minimum Gasteiger partial charge on any atom is -0.393 e. The van der Waals surface area contributed by atoms with E-state index in [9.17, 15) is 5.11 Å². The van der Waals surface area contributed by atoms with E-state index >= 15 is 0 Å². The third kappa shape index (κ3) is 2.71. The summed E-state index contributed by atoms with van der Waals surface area (Å²) in [6.07, 6.45) is 4.64. The molecule has 0 radical (unpaired) electrons. The van der Waals surface area contributed by atoms with Gasteiger partial charge in [-0.15, -0.1) is 0 Å². The van der Waals surface area contributed by atoms with Crippen LogP contribution in [0.4, 0.5) is 0 Å². The van der Waals surface area contributed by atoms with Gasteiger partial charge in [-0.05, 0) is 38.1 Å². The van der Waals surface area contributed by atoms with Crippen LogP contribution in [0.3, 0.4) is 0 Å². The Kier molecular flexibility index (Phi) is 4.00. The van der Waals surface area contributed by atoms with Gasteiger partial charge in [0.1, 0.15) is 0 Å². The standard InChI is InChI=1S/C12H23NO2/c1-15-7-3-2-6-13-8-10-4-5-12(14)11(10)9-13/h10-12,14H,2-9H2,1H3. The van der Waals surface area contributed by atoms with Gasteiger partial charge in [0.05, 0.1) is 6.10 Å². The zero-order valence-electron chi connectivity index (χ0n) is 9.69. The lowest BCUT2D eigenvalue weighted by atomic mass is 10.00. The third-order valence-electron chi connectivity index (χ3n) is 3.97. The van der Waals surface area contributed by atoms with Crippen LogP contribution in [0, 0.1) is 11.8 Å². The van der Waals surface area contributed by atoms with Gasteiger partial charge in [-0.1, -0.05) is 0 Å². The molecule has 2 aliphatic rings. The first kappa shape index (κ1) is 11.4. The SMILES string of the molecule is COCCCCN1CC2CCC(O)C2C1. The third-order valence-corrected chi connectivity index (χ3v) is 3.97. The summed E-state index contributed by atoms with van der Waals surface area (Å²) in [6.45, 7) is 4.40. The van der Waals surface area contributed by atoms with Crippen LogP contribution in [-0.4, -0.2) is 49.5 Å².